The number of nitrogens with zero attached hydrogens (tertiary/aromatic N) is 2. The smallest absolute Gasteiger partial charge is 0.247 e. The van der Waals surface area contributed by atoms with E-state index in [0.29, 0.717) is 12.8 Å². The lowest BCUT2D eigenvalue weighted by molar-refractivity contribution is -0.125. The van der Waals surface area contributed by atoms with Crippen LogP contribution in [0.25, 0.3) is 0 Å². The fraction of sp³-hybridized carbons (Fsp3) is 0.429. The predicted molar refractivity (Wildman–Crippen MR) is 66.3 cm³/mol. The van der Waals surface area contributed by atoms with E-state index in [-0.39, 0.29) is 11.6 Å². The minimum atomic E-state index is -0.961. The molecule has 0 heterocycles. The van der Waals surface area contributed by atoms with Crippen molar-refractivity contribution < 1.29 is 9.18 Å². The highest BCUT2D eigenvalue weighted by Crippen LogP contribution is 2.39. The average Bonchev–Trinajstić information content (AvgIpc) is 2.87. The van der Waals surface area contributed by atoms with Gasteiger partial charge in [0.25, 0.3) is 0 Å². The first kappa shape index (κ1) is 12.6. The molecule has 1 aromatic carbocycles. The Morgan fingerprint density at radius 1 is 1.39 bits per heavy atom. The SMILES string of the molecule is CN(C(=O)C1(C#N)CCCC1)c1ccccc1F. The van der Waals surface area contributed by atoms with Crippen LogP contribution in [0.5, 0.6) is 0 Å². The van der Waals surface area contributed by atoms with Gasteiger partial charge in [-0.3, -0.25) is 4.79 Å². The number of nitriles is 1. The minimum absolute atomic E-state index is 0.226. The minimum Gasteiger partial charge on any atom is -0.311 e. The van der Waals surface area contributed by atoms with Crippen molar-refractivity contribution in [1.82, 2.24) is 0 Å². The fourth-order valence-corrected chi connectivity index (χ4v) is 2.51. The molecule has 0 radical (unpaired) electrons. The Labute approximate surface area is 106 Å². The summed E-state index contributed by atoms with van der Waals surface area (Å²) in [4.78, 5) is 13.7. The molecule has 2 rings (SSSR count). The van der Waals surface area contributed by atoms with Crippen molar-refractivity contribution in [2.75, 3.05) is 11.9 Å². The normalized spacial score (nSPS) is 17.2. The van der Waals surface area contributed by atoms with E-state index in [1.54, 1.807) is 18.2 Å². The largest absolute Gasteiger partial charge is 0.311 e. The van der Waals surface area contributed by atoms with Crippen molar-refractivity contribution in [2.24, 2.45) is 5.41 Å². The van der Waals surface area contributed by atoms with E-state index in [4.69, 9.17) is 0 Å². The molecule has 0 spiro atoms. The molecule has 0 aliphatic heterocycles. The van der Waals surface area contributed by atoms with E-state index >= 15 is 0 Å². The van der Waals surface area contributed by atoms with Gasteiger partial charge in [0.2, 0.25) is 5.91 Å². The van der Waals surface area contributed by atoms with Gasteiger partial charge in [-0.05, 0) is 25.0 Å². The number of benzene rings is 1. The van der Waals surface area contributed by atoms with Crippen molar-refractivity contribution in [1.29, 1.82) is 5.26 Å². The summed E-state index contributed by atoms with van der Waals surface area (Å²) >= 11 is 0. The maximum absolute atomic E-state index is 13.6. The van der Waals surface area contributed by atoms with E-state index in [0.717, 1.165) is 12.8 Å². The van der Waals surface area contributed by atoms with Crippen LogP contribution in [0.1, 0.15) is 25.7 Å². The lowest BCUT2D eigenvalue weighted by atomic mass is 9.86. The molecule has 0 aromatic heterocycles. The van der Waals surface area contributed by atoms with E-state index < -0.39 is 11.2 Å². The van der Waals surface area contributed by atoms with Crippen molar-refractivity contribution in [3.63, 3.8) is 0 Å². The van der Waals surface area contributed by atoms with Crippen LogP contribution in [0.4, 0.5) is 10.1 Å². The molecule has 0 atom stereocenters. The van der Waals surface area contributed by atoms with Crippen LogP contribution in [0.15, 0.2) is 24.3 Å². The Morgan fingerprint density at radius 2 is 2.00 bits per heavy atom. The fourth-order valence-electron chi connectivity index (χ4n) is 2.51. The summed E-state index contributed by atoms with van der Waals surface area (Å²) in [6, 6.07) is 8.25. The highest BCUT2D eigenvalue weighted by Gasteiger charge is 2.43. The highest BCUT2D eigenvalue weighted by atomic mass is 19.1. The summed E-state index contributed by atoms with van der Waals surface area (Å²) in [5, 5.41) is 9.26. The van der Waals surface area contributed by atoms with Gasteiger partial charge in [-0.1, -0.05) is 25.0 Å². The maximum atomic E-state index is 13.6. The van der Waals surface area contributed by atoms with Gasteiger partial charge in [-0.25, -0.2) is 4.39 Å². The number of hydrogen-bond donors (Lipinski definition) is 0. The lowest BCUT2D eigenvalue weighted by Gasteiger charge is -2.26. The van der Waals surface area contributed by atoms with Gasteiger partial charge in [-0.2, -0.15) is 5.26 Å². The standard InChI is InChI=1S/C14H15FN2O/c1-17(12-7-3-2-6-11(12)15)13(18)14(10-16)8-4-5-9-14/h2-3,6-7H,4-5,8-9H2,1H3. The van der Waals surface area contributed by atoms with E-state index in [2.05, 4.69) is 6.07 Å². The summed E-state index contributed by atoms with van der Waals surface area (Å²) in [6.07, 6.45) is 2.90. The molecule has 0 bridgehead atoms. The molecule has 4 heteroatoms. The summed E-state index contributed by atoms with van der Waals surface area (Å²) < 4.78 is 13.6. The van der Waals surface area contributed by atoms with E-state index in [9.17, 15) is 14.4 Å². The maximum Gasteiger partial charge on any atom is 0.247 e. The average molecular weight is 246 g/mol. The monoisotopic (exact) mass is 246 g/mol. The van der Waals surface area contributed by atoms with Gasteiger partial charge in [0.15, 0.2) is 0 Å². The third-order valence-corrected chi connectivity index (χ3v) is 3.60. The first-order chi connectivity index (χ1) is 8.60. The summed E-state index contributed by atoms with van der Waals surface area (Å²) in [5.74, 6) is -0.743. The summed E-state index contributed by atoms with van der Waals surface area (Å²) in [6.45, 7) is 0. The quantitative estimate of drug-likeness (QED) is 0.805. The van der Waals surface area contributed by atoms with Crippen LogP contribution in [-0.2, 0) is 4.79 Å². The first-order valence-electron chi connectivity index (χ1n) is 6.05. The number of hydrogen-bond acceptors (Lipinski definition) is 2. The van der Waals surface area contributed by atoms with Gasteiger partial charge in [0.05, 0.1) is 11.8 Å². The third kappa shape index (κ3) is 1.97. The molecule has 1 amide bonds. The molecular weight excluding hydrogens is 231 g/mol. The Bertz CT molecular complexity index is 501. The van der Waals surface area contributed by atoms with Crippen LogP contribution in [0.2, 0.25) is 0 Å². The topological polar surface area (TPSA) is 44.1 Å². The number of carbonyl (C=O) groups excluding carboxylic acids is 1. The van der Waals surface area contributed by atoms with E-state index in [1.165, 1.54) is 18.0 Å². The third-order valence-electron chi connectivity index (χ3n) is 3.60. The zero-order valence-corrected chi connectivity index (χ0v) is 10.3. The second-order valence-electron chi connectivity index (χ2n) is 4.72. The van der Waals surface area contributed by atoms with Crippen LogP contribution in [0, 0.1) is 22.6 Å². The molecule has 94 valence electrons. The number of rotatable bonds is 2. The van der Waals surface area contributed by atoms with Crippen LogP contribution in [0.3, 0.4) is 0 Å². The van der Waals surface area contributed by atoms with E-state index in [1.807, 2.05) is 0 Å². The number of amides is 1. The Balaban J connectivity index is 2.30. The van der Waals surface area contributed by atoms with Gasteiger partial charge in [-0.15, -0.1) is 0 Å². The van der Waals surface area contributed by atoms with Crippen molar-refractivity contribution in [3.05, 3.63) is 30.1 Å². The number of anilines is 1. The Morgan fingerprint density at radius 3 is 2.56 bits per heavy atom. The van der Waals surface area contributed by atoms with Crippen LogP contribution in [-0.4, -0.2) is 13.0 Å². The molecular formula is C14H15FN2O. The summed E-state index contributed by atoms with van der Waals surface area (Å²) in [7, 11) is 1.53. The molecule has 1 fully saturated rings. The van der Waals surface area contributed by atoms with Gasteiger partial charge < -0.3 is 4.90 Å². The van der Waals surface area contributed by atoms with Crippen molar-refractivity contribution >= 4 is 11.6 Å². The van der Waals surface area contributed by atoms with Gasteiger partial charge in [0.1, 0.15) is 11.2 Å². The molecule has 18 heavy (non-hydrogen) atoms. The summed E-state index contributed by atoms with van der Waals surface area (Å²) in [5.41, 5.74) is -0.735. The number of para-hydroxylation sites is 1. The van der Waals surface area contributed by atoms with Gasteiger partial charge in [0, 0.05) is 7.05 Å². The molecule has 1 aliphatic carbocycles. The number of carbonyl (C=O) groups is 1. The molecule has 0 unspecified atom stereocenters. The molecule has 0 saturated heterocycles. The molecule has 1 aromatic rings. The van der Waals surface area contributed by atoms with Crippen molar-refractivity contribution in [3.8, 4) is 6.07 Å². The molecule has 3 nitrogen and oxygen atoms in total. The van der Waals surface area contributed by atoms with Crippen LogP contribution < -0.4 is 4.90 Å². The second kappa shape index (κ2) is 4.77. The predicted octanol–water partition coefficient (Wildman–Crippen LogP) is 2.87. The second-order valence-corrected chi connectivity index (χ2v) is 4.72. The van der Waals surface area contributed by atoms with Gasteiger partial charge >= 0.3 is 0 Å². The van der Waals surface area contributed by atoms with Crippen LogP contribution >= 0.6 is 0 Å². The Kier molecular flexibility index (Phi) is 3.33. The van der Waals surface area contributed by atoms with Crippen molar-refractivity contribution in [2.45, 2.75) is 25.7 Å². The zero-order chi connectivity index (χ0) is 13.2. The number of halogens is 1. The zero-order valence-electron chi connectivity index (χ0n) is 10.3. The highest BCUT2D eigenvalue weighted by molar-refractivity contribution is 5.99. The first-order valence-corrected chi connectivity index (χ1v) is 6.05. The molecule has 1 saturated carbocycles. The lowest BCUT2D eigenvalue weighted by Crippen LogP contribution is -2.40. The Hall–Kier alpha value is -1.89. The molecule has 0 N–H and O–H groups in total. The molecule has 1 aliphatic rings.